The van der Waals surface area contributed by atoms with Gasteiger partial charge in [0.15, 0.2) is 0 Å². The van der Waals surface area contributed by atoms with Crippen molar-refractivity contribution in [3.8, 4) is 5.75 Å². The molecule has 186 valence electrons. The molecule has 1 saturated heterocycles. The lowest BCUT2D eigenvalue weighted by atomic mass is 9.94. The van der Waals surface area contributed by atoms with E-state index in [1.807, 2.05) is 48.5 Å². The summed E-state index contributed by atoms with van der Waals surface area (Å²) in [5, 5.41) is 11.3. The van der Waals surface area contributed by atoms with Gasteiger partial charge in [0.2, 0.25) is 0 Å². The van der Waals surface area contributed by atoms with Crippen LogP contribution in [0.1, 0.15) is 43.5 Å². The second-order valence-electron chi connectivity index (χ2n) is 8.68. The molecule has 1 heterocycles. The third kappa shape index (κ3) is 4.59. The fourth-order valence-electron chi connectivity index (χ4n) is 4.67. The van der Waals surface area contributed by atoms with Crippen molar-refractivity contribution >= 4 is 28.8 Å². The van der Waals surface area contributed by atoms with E-state index in [-0.39, 0.29) is 11.3 Å². The number of Topliss-reactive ketones (excluding diaryl/α,β-unsaturated/α-hetero) is 1. The molecule has 6 nitrogen and oxygen atoms in total. The molecule has 1 fully saturated rings. The fourth-order valence-corrected chi connectivity index (χ4v) is 4.67. The minimum absolute atomic E-state index is 0.0715. The highest BCUT2D eigenvalue weighted by Crippen LogP contribution is 2.42. The van der Waals surface area contributed by atoms with E-state index >= 15 is 0 Å². The van der Waals surface area contributed by atoms with Gasteiger partial charge in [0.05, 0.1) is 18.7 Å². The summed E-state index contributed by atoms with van der Waals surface area (Å²) < 4.78 is 5.29. The summed E-state index contributed by atoms with van der Waals surface area (Å²) in [7, 11) is 1.58. The summed E-state index contributed by atoms with van der Waals surface area (Å²) in [5.74, 6) is -0.896. The minimum Gasteiger partial charge on any atom is -0.507 e. The normalized spacial score (nSPS) is 16.9. The van der Waals surface area contributed by atoms with Gasteiger partial charge in [-0.2, -0.15) is 0 Å². The van der Waals surface area contributed by atoms with E-state index in [0.717, 1.165) is 30.8 Å². The van der Waals surface area contributed by atoms with Crippen LogP contribution in [0.15, 0.2) is 78.4 Å². The van der Waals surface area contributed by atoms with Crippen molar-refractivity contribution in [2.75, 3.05) is 30.0 Å². The molecule has 3 aromatic carbocycles. The Hall–Kier alpha value is -4.06. The lowest BCUT2D eigenvalue weighted by Crippen LogP contribution is -2.29. The standard InChI is InChI=1S/C30H32N2O4/c1-5-20-8-10-22(11-9-20)28(33)26-27(21-12-18-25(36-4)19-13-21)32(30(35)29(26)34)24-16-14-23(15-17-24)31(6-2)7-3/h8-19,27,33H,5-7H2,1-4H3/b28-26+. The summed E-state index contributed by atoms with van der Waals surface area (Å²) in [6, 6.07) is 21.4. The van der Waals surface area contributed by atoms with E-state index in [4.69, 9.17) is 4.74 Å². The molecule has 1 aliphatic heterocycles. The van der Waals surface area contributed by atoms with Crippen molar-refractivity contribution in [1.29, 1.82) is 0 Å². The predicted octanol–water partition coefficient (Wildman–Crippen LogP) is 5.73. The molecule has 36 heavy (non-hydrogen) atoms. The number of hydrogen-bond acceptors (Lipinski definition) is 5. The number of aliphatic hydroxyl groups is 1. The monoisotopic (exact) mass is 484 g/mol. The molecule has 3 aromatic rings. The van der Waals surface area contributed by atoms with Crippen molar-refractivity contribution in [3.63, 3.8) is 0 Å². The summed E-state index contributed by atoms with van der Waals surface area (Å²) >= 11 is 0. The molecule has 1 atom stereocenters. The highest BCUT2D eigenvalue weighted by molar-refractivity contribution is 6.51. The van der Waals surface area contributed by atoms with Gasteiger partial charge in [-0.15, -0.1) is 0 Å². The van der Waals surface area contributed by atoms with Gasteiger partial charge in [0.1, 0.15) is 11.5 Å². The third-order valence-corrected chi connectivity index (χ3v) is 6.77. The highest BCUT2D eigenvalue weighted by atomic mass is 16.5. The molecule has 1 aliphatic rings. The molecule has 0 aromatic heterocycles. The Bertz CT molecular complexity index is 1260. The largest absolute Gasteiger partial charge is 0.507 e. The lowest BCUT2D eigenvalue weighted by Gasteiger charge is -2.27. The van der Waals surface area contributed by atoms with Crippen LogP contribution in [0.25, 0.3) is 5.76 Å². The number of aliphatic hydroxyl groups excluding tert-OH is 1. The first-order chi connectivity index (χ1) is 17.4. The van der Waals surface area contributed by atoms with Crippen LogP contribution in [0.5, 0.6) is 5.75 Å². The number of rotatable bonds is 8. The smallest absolute Gasteiger partial charge is 0.300 e. The Balaban J connectivity index is 1.85. The third-order valence-electron chi connectivity index (χ3n) is 6.77. The molecule has 0 radical (unpaired) electrons. The number of aryl methyl sites for hydroxylation is 1. The molecule has 0 saturated carbocycles. The van der Waals surface area contributed by atoms with E-state index in [9.17, 15) is 14.7 Å². The van der Waals surface area contributed by atoms with Crippen LogP contribution in [-0.2, 0) is 16.0 Å². The average molecular weight is 485 g/mol. The van der Waals surface area contributed by atoms with Crippen LogP contribution in [0.2, 0.25) is 0 Å². The van der Waals surface area contributed by atoms with Crippen LogP contribution < -0.4 is 14.5 Å². The number of methoxy groups -OCH3 is 1. The van der Waals surface area contributed by atoms with Gasteiger partial charge in [0.25, 0.3) is 11.7 Å². The van der Waals surface area contributed by atoms with Gasteiger partial charge in [0, 0.05) is 30.0 Å². The van der Waals surface area contributed by atoms with Gasteiger partial charge in [-0.25, -0.2) is 0 Å². The van der Waals surface area contributed by atoms with Crippen molar-refractivity contribution in [1.82, 2.24) is 0 Å². The van der Waals surface area contributed by atoms with Gasteiger partial charge < -0.3 is 14.7 Å². The second-order valence-corrected chi connectivity index (χ2v) is 8.68. The Morgan fingerprint density at radius 1 is 0.889 bits per heavy atom. The molecule has 6 heteroatoms. The van der Waals surface area contributed by atoms with Gasteiger partial charge in [-0.1, -0.05) is 43.3 Å². The van der Waals surface area contributed by atoms with Crippen molar-refractivity contribution in [2.24, 2.45) is 0 Å². The number of nitrogens with zero attached hydrogens (tertiary/aromatic N) is 2. The van der Waals surface area contributed by atoms with Crippen LogP contribution >= 0.6 is 0 Å². The fraction of sp³-hybridized carbons (Fsp3) is 0.267. The van der Waals surface area contributed by atoms with E-state index < -0.39 is 17.7 Å². The number of carbonyl (C=O) groups is 2. The molecule has 1 amide bonds. The number of carbonyl (C=O) groups excluding carboxylic acids is 2. The van der Waals surface area contributed by atoms with Gasteiger partial charge in [-0.05, 0) is 67.8 Å². The van der Waals surface area contributed by atoms with Gasteiger partial charge in [-0.3, -0.25) is 14.5 Å². The summed E-state index contributed by atoms with van der Waals surface area (Å²) in [6.07, 6.45) is 0.862. The van der Waals surface area contributed by atoms with E-state index in [2.05, 4.69) is 25.7 Å². The number of ether oxygens (including phenoxy) is 1. The zero-order chi connectivity index (χ0) is 25.8. The maximum atomic E-state index is 13.4. The van der Waals surface area contributed by atoms with Crippen molar-refractivity contribution in [3.05, 3.63) is 95.1 Å². The molecule has 0 spiro atoms. The predicted molar refractivity (Wildman–Crippen MR) is 144 cm³/mol. The van der Waals surface area contributed by atoms with Crippen LogP contribution in [0, 0.1) is 0 Å². The second kappa shape index (κ2) is 10.7. The zero-order valence-corrected chi connectivity index (χ0v) is 21.2. The first kappa shape index (κ1) is 25.0. The number of ketones is 1. The molecular formula is C30H32N2O4. The molecule has 0 bridgehead atoms. The number of amides is 1. The Morgan fingerprint density at radius 3 is 2.03 bits per heavy atom. The number of anilines is 2. The molecule has 4 rings (SSSR count). The average Bonchev–Trinajstić information content (AvgIpc) is 3.19. The first-order valence-corrected chi connectivity index (χ1v) is 12.3. The van der Waals surface area contributed by atoms with E-state index in [0.29, 0.717) is 22.6 Å². The van der Waals surface area contributed by atoms with Gasteiger partial charge >= 0.3 is 0 Å². The highest BCUT2D eigenvalue weighted by Gasteiger charge is 2.47. The maximum absolute atomic E-state index is 13.4. The van der Waals surface area contributed by atoms with E-state index in [1.54, 1.807) is 31.4 Å². The zero-order valence-electron chi connectivity index (χ0n) is 21.2. The number of hydrogen-bond donors (Lipinski definition) is 1. The quantitative estimate of drug-likeness (QED) is 0.251. The molecule has 0 aliphatic carbocycles. The van der Waals surface area contributed by atoms with Crippen LogP contribution in [0.4, 0.5) is 11.4 Å². The first-order valence-electron chi connectivity index (χ1n) is 12.3. The Labute approximate surface area is 212 Å². The summed E-state index contributed by atoms with van der Waals surface area (Å²) in [6.45, 7) is 7.96. The SMILES string of the molecule is CCc1ccc(/C(O)=C2\C(=O)C(=O)N(c3ccc(N(CC)CC)cc3)C2c2ccc(OC)cc2)cc1. The molecule has 1 N–H and O–H groups in total. The van der Waals surface area contributed by atoms with Crippen LogP contribution in [0.3, 0.4) is 0 Å². The minimum atomic E-state index is -0.777. The van der Waals surface area contributed by atoms with Crippen LogP contribution in [-0.4, -0.2) is 37.0 Å². The maximum Gasteiger partial charge on any atom is 0.300 e. The Morgan fingerprint density at radius 2 is 1.50 bits per heavy atom. The summed E-state index contributed by atoms with van der Waals surface area (Å²) in [4.78, 5) is 30.4. The summed E-state index contributed by atoms with van der Waals surface area (Å²) in [5.41, 5.74) is 4.02. The molecular weight excluding hydrogens is 452 g/mol. The topological polar surface area (TPSA) is 70.1 Å². The Kier molecular flexibility index (Phi) is 7.44. The number of benzene rings is 3. The van der Waals surface area contributed by atoms with Crippen molar-refractivity contribution in [2.45, 2.75) is 33.2 Å². The van der Waals surface area contributed by atoms with Crippen molar-refractivity contribution < 1.29 is 19.4 Å². The lowest BCUT2D eigenvalue weighted by molar-refractivity contribution is -0.132. The van der Waals surface area contributed by atoms with E-state index in [1.165, 1.54) is 4.90 Å². The molecule has 1 unspecified atom stereocenters.